The second kappa shape index (κ2) is 7.94. The molecule has 1 aromatic carbocycles. The summed E-state index contributed by atoms with van der Waals surface area (Å²) in [5.41, 5.74) is 1.18. The van der Waals surface area contributed by atoms with Crippen molar-refractivity contribution >= 4 is 11.8 Å². The summed E-state index contributed by atoms with van der Waals surface area (Å²) in [6, 6.07) is 11.7. The Morgan fingerprint density at radius 2 is 2.04 bits per heavy atom. The first kappa shape index (κ1) is 16.5. The average molecular weight is 330 g/mol. The van der Waals surface area contributed by atoms with E-state index in [-0.39, 0.29) is 12.1 Å². The number of rotatable bonds is 5. The Hall–Kier alpha value is -2.38. The molecule has 1 aromatic heterocycles. The summed E-state index contributed by atoms with van der Waals surface area (Å²) in [7, 11) is 0. The largest absolute Gasteiger partial charge is 0.379 e. The zero-order valence-electron chi connectivity index (χ0n) is 13.7. The van der Waals surface area contributed by atoms with Crippen LogP contribution >= 0.6 is 0 Å². The fourth-order valence-corrected chi connectivity index (χ4v) is 2.80. The molecule has 2 amide bonds. The van der Waals surface area contributed by atoms with Gasteiger partial charge in [-0.3, -0.25) is 10.2 Å². The lowest BCUT2D eigenvalue weighted by Crippen LogP contribution is -2.44. The molecule has 0 bridgehead atoms. The molecule has 1 atom stereocenters. The van der Waals surface area contributed by atoms with Gasteiger partial charge in [0.25, 0.3) is 0 Å². The summed E-state index contributed by atoms with van der Waals surface area (Å²) in [5, 5.41) is 9.35. The van der Waals surface area contributed by atoms with Crippen LogP contribution in [0.15, 0.2) is 40.9 Å². The zero-order chi connectivity index (χ0) is 16.8. The molecule has 1 aliphatic rings. The minimum Gasteiger partial charge on any atom is -0.379 e. The highest BCUT2D eigenvalue weighted by Gasteiger charge is 2.23. The number of benzene rings is 1. The van der Waals surface area contributed by atoms with Crippen LogP contribution in [0.3, 0.4) is 0 Å². The lowest BCUT2D eigenvalue weighted by atomic mass is 10.0. The third-order valence-corrected chi connectivity index (χ3v) is 4.00. The normalized spacial score (nSPS) is 16.5. The molecule has 0 saturated carbocycles. The zero-order valence-corrected chi connectivity index (χ0v) is 13.7. The van der Waals surface area contributed by atoms with Gasteiger partial charge in [0.15, 0.2) is 5.82 Å². The molecule has 3 rings (SSSR count). The van der Waals surface area contributed by atoms with E-state index in [0.29, 0.717) is 31.3 Å². The number of aromatic nitrogens is 1. The number of aryl methyl sites for hydroxylation is 1. The third kappa shape index (κ3) is 4.33. The van der Waals surface area contributed by atoms with Crippen molar-refractivity contribution in [3.8, 4) is 0 Å². The van der Waals surface area contributed by atoms with Gasteiger partial charge in [-0.05, 0) is 12.5 Å². The summed E-state index contributed by atoms with van der Waals surface area (Å²) in [5.74, 6) is 1.06. The van der Waals surface area contributed by atoms with Crippen molar-refractivity contribution in [3.63, 3.8) is 0 Å². The van der Waals surface area contributed by atoms with Crippen molar-refractivity contribution in [2.75, 3.05) is 38.2 Å². The Kier molecular flexibility index (Phi) is 5.45. The lowest BCUT2D eigenvalue weighted by Gasteiger charge is -2.34. The van der Waals surface area contributed by atoms with Crippen LogP contribution in [0.5, 0.6) is 0 Å². The number of nitrogens with zero attached hydrogens (tertiary/aromatic N) is 2. The van der Waals surface area contributed by atoms with Gasteiger partial charge in [0.05, 0.1) is 19.3 Å². The number of ether oxygens (including phenoxy) is 1. The van der Waals surface area contributed by atoms with E-state index in [1.807, 2.05) is 18.2 Å². The van der Waals surface area contributed by atoms with Gasteiger partial charge in [-0.2, -0.15) is 0 Å². The average Bonchev–Trinajstić information content (AvgIpc) is 3.02. The predicted molar refractivity (Wildman–Crippen MR) is 89.8 cm³/mol. The third-order valence-electron chi connectivity index (χ3n) is 4.00. The summed E-state index contributed by atoms with van der Waals surface area (Å²) >= 11 is 0. The molecule has 2 aromatic rings. The molecule has 0 spiro atoms. The first-order valence-corrected chi connectivity index (χ1v) is 8.07. The SMILES string of the molecule is Cc1cc(NC(=O)NCC(c2ccccc2)N2CCOCC2)no1. The van der Waals surface area contributed by atoms with Gasteiger partial charge in [-0.15, -0.1) is 0 Å². The first-order chi connectivity index (χ1) is 11.7. The van der Waals surface area contributed by atoms with Gasteiger partial charge in [-0.25, -0.2) is 4.79 Å². The number of hydrogen-bond acceptors (Lipinski definition) is 5. The van der Waals surface area contributed by atoms with Crippen molar-refractivity contribution in [1.29, 1.82) is 0 Å². The number of amides is 2. The molecular formula is C17H22N4O3. The second-order valence-electron chi connectivity index (χ2n) is 5.73. The topological polar surface area (TPSA) is 79.6 Å². The van der Waals surface area contributed by atoms with E-state index < -0.39 is 0 Å². The van der Waals surface area contributed by atoms with Gasteiger partial charge in [0, 0.05) is 25.7 Å². The monoisotopic (exact) mass is 330 g/mol. The number of anilines is 1. The minimum absolute atomic E-state index is 0.111. The first-order valence-electron chi connectivity index (χ1n) is 8.07. The maximum absolute atomic E-state index is 12.1. The van der Waals surface area contributed by atoms with E-state index in [4.69, 9.17) is 9.26 Å². The predicted octanol–water partition coefficient (Wildman–Crippen LogP) is 2.18. The Morgan fingerprint density at radius 3 is 2.71 bits per heavy atom. The lowest BCUT2D eigenvalue weighted by molar-refractivity contribution is 0.0168. The molecule has 7 heteroatoms. The van der Waals surface area contributed by atoms with E-state index in [9.17, 15) is 4.79 Å². The summed E-state index contributed by atoms with van der Waals surface area (Å²) in [6.45, 7) is 5.42. The highest BCUT2D eigenvalue weighted by Crippen LogP contribution is 2.21. The van der Waals surface area contributed by atoms with E-state index in [1.54, 1.807) is 13.0 Å². The van der Waals surface area contributed by atoms with Gasteiger partial charge in [0.1, 0.15) is 5.76 Å². The molecule has 2 N–H and O–H groups in total. The van der Waals surface area contributed by atoms with Crippen LogP contribution in [-0.2, 0) is 4.74 Å². The molecule has 1 unspecified atom stereocenters. The maximum Gasteiger partial charge on any atom is 0.320 e. The molecule has 1 aliphatic heterocycles. The summed E-state index contributed by atoms with van der Waals surface area (Å²) in [6.07, 6.45) is 0. The van der Waals surface area contributed by atoms with Crippen molar-refractivity contribution in [1.82, 2.24) is 15.4 Å². The number of morpholine rings is 1. The van der Waals surface area contributed by atoms with Crippen molar-refractivity contribution < 1.29 is 14.1 Å². The fraction of sp³-hybridized carbons (Fsp3) is 0.412. The standard InChI is InChI=1S/C17H22N4O3/c1-13-11-16(20-24-13)19-17(22)18-12-15(14-5-3-2-4-6-14)21-7-9-23-10-8-21/h2-6,11,15H,7-10,12H2,1H3,(H2,18,19,20,22). The van der Waals surface area contributed by atoms with Crippen LogP contribution in [0.25, 0.3) is 0 Å². The molecule has 0 aliphatic carbocycles. The molecular weight excluding hydrogens is 308 g/mol. The molecule has 0 radical (unpaired) electrons. The van der Waals surface area contributed by atoms with Crippen LogP contribution in [0.1, 0.15) is 17.4 Å². The number of nitrogens with one attached hydrogen (secondary N) is 2. The van der Waals surface area contributed by atoms with Crippen LogP contribution in [0.2, 0.25) is 0 Å². The maximum atomic E-state index is 12.1. The highest BCUT2D eigenvalue weighted by atomic mass is 16.5. The summed E-state index contributed by atoms with van der Waals surface area (Å²) < 4.78 is 10.4. The van der Waals surface area contributed by atoms with Crippen molar-refractivity contribution in [2.24, 2.45) is 0 Å². The number of urea groups is 1. The van der Waals surface area contributed by atoms with E-state index in [0.717, 1.165) is 13.1 Å². The molecule has 2 heterocycles. The van der Waals surface area contributed by atoms with Crippen LogP contribution < -0.4 is 10.6 Å². The smallest absolute Gasteiger partial charge is 0.320 e. The molecule has 1 saturated heterocycles. The number of hydrogen-bond donors (Lipinski definition) is 2. The number of carbonyl (C=O) groups excluding carboxylic acids is 1. The van der Waals surface area contributed by atoms with E-state index in [2.05, 4.69) is 32.8 Å². The summed E-state index contributed by atoms with van der Waals surface area (Å²) in [4.78, 5) is 14.4. The fourth-order valence-electron chi connectivity index (χ4n) is 2.80. The Balaban J connectivity index is 1.62. The molecule has 1 fully saturated rings. The minimum atomic E-state index is -0.294. The Bertz CT molecular complexity index is 653. The molecule has 24 heavy (non-hydrogen) atoms. The van der Waals surface area contributed by atoms with Crippen LogP contribution in [0.4, 0.5) is 10.6 Å². The van der Waals surface area contributed by atoms with Gasteiger partial charge in [0.2, 0.25) is 0 Å². The highest BCUT2D eigenvalue weighted by molar-refractivity contribution is 5.88. The van der Waals surface area contributed by atoms with Crippen molar-refractivity contribution in [2.45, 2.75) is 13.0 Å². The van der Waals surface area contributed by atoms with Crippen LogP contribution in [-0.4, -0.2) is 48.9 Å². The van der Waals surface area contributed by atoms with Crippen molar-refractivity contribution in [3.05, 3.63) is 47.7 Å². The Morgan fingerprint density at radius 1 is 1.29 bits per heavy atom. The van der Waals surface area contributed by atoms with E-state index >= 15 is 0 Å². The molecule has 128 valence electrons. The van der Waals surface area contributed by atoms with E-state index in [1.165, 1.54) is 5.56 Å². The van der Waals surface area contributed by atoms with Gasteiger partial charge < -0.3 is 14.6 Å². The Labute approximate surface area is 141 Å². The van der Waals surface area contributed by atoms with Gasteiger partial charge >= 0.3 is 6.03 Å². The molecule has 7 nitrogen and oxygen atoms in total. The van der Waals surface area contributed by atoms with Gasteiger partial charge in [-0.1, -0.05) is 35.5 Å². The quantitative estimate of drug-likeness (QED) is 0.878. The van der Waals surface area contributed by atoms with Crippen LogP contribution in [0, 0.1) is 6.92 Å². The second-order valence-corrected chi connectivity index (χ2v) is 5.73. The number of carbonyl (C=O) groups is 1.